The zero-order valence-corrected chi connectivity index (χ0v) is 14.6. The van der Waals surface area contributed by atoms with E-state index in [-0.39, 0.29) is 11.8 Å². The van der Waals surface area contributed by atoms with E-state index in [9.17, 15) is 9.59 Å². The van der Waals surface area contributed by atoms with Crippen LogP contribution in [0, 0.1) is 0 Å². The van der Waals surface area contributed by atoms with Crippen LogP contribution in [-0.4, -0.2) is 18.4 Å². The number of carbonyl (C=O) groups is 2. The van der Waals surface area contributed by atoms with Crippen molar-refractivity contribution in [3.05, 3.63) is 35.4 Å². The van der Waals surface area contributed by atoms with Gasteiger partial charge in [-0.25, -0.2) is 0 Å². The smallest absolute Gasteiger partial charge is 0.305 e. The molecule has 0 radical (unpaired) electrons. The Bertz CT molecular complexity index is 462. The number of ether oxygens (including phenoxy) is 1. The van der Waals surface area contributed by atoms with Gasteiger partial charge < -0.3 is 4.74 Å². The highest BCUT2D eigenvalue weighted by atomic mass is 16.5. The zero-order chi connectivity index (χ0) is 16.9. The number of esters is 1. The lowest BCUT2D eigenvalue weighted by Gasteiger charge is -2.05. The molecule has 0 spiro atoms. The molecule has 3 heteroatoms. The highest BCUT2D eigenvalue weighted by Crippen LogP contribution is 2.13. The van der Waals surface area contributed by atoms with E-state index in [0.717, 1.165) is 18.4 Å². The molecule has 1 rings (SSSR count). The summed E-state index contributed by atoms with van der Waals surface area (Å²) in [7, 11) is 0. The molecule has 0 aliphatic heterocycles. The topological polar surface area (TPSA) is 43.4 Å². The number of hydrogen-bond acceptors (Lipinski definition) is 3. The molecule has 0 unspecified atom stereocenters. The molecule has 0 heterocycles. The fraction of sp³-hybridized carbons (Fsp3) is 0.600. The van der Waals surface area contributed by atoms with Gasteiger partial charge in [0, 0.05) is 18.4 Å². The number of ketones is 1. The van der Waals surface area contributed by atoms with Crippen molar-refractivity contribution in [1.29, 1.82) is 0 Å². The van der Waals surface area contributed by atoms with Crippen LogP contribution < -0.4 is 0 Å². The molecular formula is C20H30O3. The number of carbonyl (C=O) groups excluding carboxylic acids is 2. The number of hydrogen-bond donors (Lipinski definition) is 0. The highest BCUT2D eigenvalue weighted by Gasteiger charge is 2.07. The summed E-state index contributed by atoms with van der Waals surface area (Å²) in [6.07, 6.45) is 8.47. The van der Waals surface area contributed by atoms with Gasteiger partial charge >= 0.3 is 5.97 Å². The third-order valence-corrected chi connectivity index (χ3v) is 3.93. The van der Waals surface area contributed by atoms with Crippen LogP contribution in [0.2, 0.25) is 0 Å². The van der Waals surface area contributed by atoms with Crippen molar-refractivity contribution in [3.63, 3.8) is 0 Å². The van der Waals surface area contributed by atoms with Crippen LogP contribution in [0.25, 0.3) is 0 Å². The first-order valence-corrected chi connectivity index (χ1v) is 8.95. The van der Waals surface area contributed by atoms with Crippen molar-refractivity contribution < 1.29 is 14.3 Å². The van der Waals surface area contributed by atoms with E-state index < -0.39 is 0 Å². The Labute approximate surface area is 140 Å². The number of aryl methyl sites for hydroxylation is 1. The summed E-state index contributed by atoms with van der Waals surface area (Å²) < 4.78 is 4.87. The maximum absolute atomic E-state index is 12.1. The van der Waals surface area contributed by atoms with E-state index >= 15 is 0 Å². The first-order chi connectivity index (χ1) is 11.2. The number of Topliss-reactive ketones (excluding diaryl/α,β-unsaturated/α-hetero) is 1. The maximum atomic E-state index is 12.1. The van der Waals surface area contributed by atoms with Crippen LogP contribution in [0.5, 0.6) is 0 Å². The van der Waals surface area contributed by atoms with Crippen molar-refractivity contribution in [1.82, 2.24) is 0 Å². The molecule has 128 valence electrons. The molecular weight excluding hydrogens is 288 g/mol. The van der Waals surface area contributed by atoms with Crippen LogP contribution in [-0.2, 0) is 16.0 Å². The van der Waals surface area contributed by atoms with Gasteiger partial charge in [0.1, 0.15) is 0 Å². The van der Waals surface area contributed by atoms with Crippen LogP contribution in [0.3, 0.4) is 0 Å². The predicted molar refractivity (Wildman–Crippen MR) is 93.7 cm³/mol. The normalized spacial score (nSPS) is 10.5. The Morgan fingerprint density at radius 2 is 1.57 bits per heavy atom. The van der Waals surface area contributed by atoms with E-state index in [2.05, 4.69) is 19.1 Å². The maximum Gasteiger partial charge on any atom is 0.305 e. The summed E-state index contributed by atoms with van der Waals surface area (Å²) in [4.78, 5) is 23.3. The third kappa shape index (κ3) is 8.53. The molecule has 1 aromatic carbocycles. The Morgan fingerprint density at radius 3 is 2.22 bits per heavy atom. The number of benzene rings is 1. The van der Waals surface area contributed by atoms with E-state index in [1.165, 1.54) is 31.2 Å². The number of rotatable bonds is 12. The van der Waals surface area contributed by atoms with Crippen LogP contribution >= 0.6 is 0 Å². The molecule has 0 bridgehead atoms. The minimum absolute atomic E-state index is 0.159. The predicted octanol–water partition coefficient (Wildman–Crippen LogP) is 5.12. The molecule has 0 amide bonds. The van der Waals surface area contributed by atoms with Crippen molar-refractivity contribution in [2.45, 2.75) is 71.6 Å². The minimum Gasteiger partial charge on any atom is -0.466 e. The van der Waals surface area contributed by atoms with E-state index in [1.54, 1.807) is 6.92 Å². The molecule has 0 aromatic heterocycles. The highest BCUT2D eigenvalue weighted by molar-refractivity contribution is 5.96. The van der Waals surface area contributed by atoms with E-state index in [4.69, 9.17) is 4.74 Å². The molecule has 0 aliphatic rings. The number of unbranched alkanes of at least 4 members (excludes halogenated alkanes) is 4. The first kappa shape index (κ1) is 19.4. The fourth-order valence-electron chi connectivity index (χ4n) is 2.55. The molecule has 3 nitrogen and oxygen atoms in total. The van der Waals surface area contributed by atoms with Gasteiger partial charge in [-0.15, -0.1) is 0 Å². The molecule has 0 fully saturated rings. The summed E-state index contributed by atoms with van der Waals surface area (Å²) >= 11 is 0. The average molecular weight is 318 g/mol. The SMILES string of the molecule is CCCCCCc1ccc(C(=O)CCCCC(=O)OCC)cc1. The summed E-state index contributed by atoms with van der Waals surface area (Å²) in [6, 6.07) is 8.00. The van der Waals surface area contributed by atoms with Gasteiger partial charge in [-0.1, -0.05) is 50.5 Å². The van der Waals surface area contributed by atoms with Crippen molar-refractivity contribution in [3.8, 4) is 0 Å². The second-order valence-electron chi connectivity index (χ2n) is 5.94. The third-order valence-electron chi connectivity index (χ3n) is 3.93. The zero-order valence-electron chi connectivity index (χ0n) is 14.6. The summed E-state index contributed by atoms with van der Waals surface area (Å²) in [6.45, 7) is 4.44. The molecule has 0 saturated carbocycles. The Kier molecular flexibility index (Phi) is 10.0. The molecule has 0 N–H and O–H groups in total. The van der Waals surface area contributed by atoms with Crippen molar-refractivity contribution >= 4 is 11.8 Å². The van der Waals surface area contributed by atoms with Crippen molar-refractivity contribution in [2.75, 3.05) is 6.61 Å². The van der Waals surface area contributed by atoms with Gasteiger partial charge in [0.25, 0.3) is 0 Å². The average Bonchev–Trinajstić information content (AvgIpc) is 2.56. The molecule has 0 atom stereocenters. The second kappa shape index (κ2) is 11.9. The van der Waals surface area contributed by atoms with E-state index in [0.29, 0.717) is 25.9 Å². The molecule has 0 saturated heterocycles. The minimum atomic E-state index is -0.174. The van der Waals surface area contributed by atoms with Gasteiger partial charge in [-0.3, -0.25) is 9.59 Å². The van der Waals surface area contributed by atoms with Crippen LogP contribution in [0.1, 0.15) is 81.1 Å². The Hall–Kier alpha value is -1.64. The van der Waals surface area contributed by atoms with Gasteiger partial charge in [-0.2, -0.15) is 0 Å². The monoisotopic (exact) mass is 318 g/mol. The molecule has 23 heavy (non-hydrogen) atoms. The van der Waals surface area contributed by atoms with Gasteiger partial charge in [0.05, 0.1) is 6.61 Å². The Balaban J connectivity index is 2.26. The van der Waals surface area contributed by atoms with E-state index in [1.807, 2.05) is 12.1 Å². The lowest BCUT2D eigenvalue weighted by molar-refractivity contribution is -0.143. The van der Waals surface area contributed by atoms with Crippen LogP contribution in [0.4, 0.5) is 0 Å². The second-order valence-corrected chi connectivity index (χ2v) is 5.94. The molecule has 1 aromatic rings. The van der Waals surface area contributed by atoms with Crippen molar-refractivity contribution in [2.24, 2.45) is 0 Å². The summed E-state index contributed by atoms with van der Waals surface area (Å²) in [5.74, 6) is -0.0150. The van der Waals surface area contributed by atoms with Gasteiger partial charge in [-0.05, 0) is 38.2 Å². The largest absolute Gasteiger partial charge is 0.466 e. The lowest BCUT2D eigenvalue weighted by Crippen LogP contribution is -2.04. The standard InChI is InChI=1S/C20H30O3/c1-3-5-6-7-10-17-13-15-18(16-14-17)19(21)11-8-9-12-20(22)23-4-2/h13-16H,3-12H2,1-2H3. The first-order valence-electron chi connectivity index (χ1n) is 8.95. The fourth-order valence-corrected chi connectivity index (χ4v) is 2.55. The van der Waals surface area contributed by atoms with Gasteiger partial charge in [0.15, 0.2) is 5.78 Å². The summed E-state index contributed by atoms with van der Waals surface area (Å²) in [5, 5.41) is 0. The molecule has 0 aliphatic carbocycles. The summed E-state index contributed by atoms with van der Waals surface area (Å²) in [5.41, 5.74) is 2.08. The lowest BCUT2D eigenvalue weighted by atomic mass is 10.0. The van der Waals surface area contributed by atoms with Gasteiger partial charge in [0.2, 0.25) is 0 Å². The quantitative estimate of drug-likeness (QED) is 0.305. The Morgan fingerprint density at radius 1 is 0.870 bits per heavy atom. The van der Waals surface area contributed by atoms with Crippen LogP contribution in [0.15, 0.2) is 24.3 Å².